The van der Waals surface area contributed by atoms with Crippen molar-refractivity contribution in [3.63, 3.8) is 0 Å². The summed E-state index contributed by atoms with van der Waals surface area (Å²) in [6.45, 7) is 4.40. The molecular formula is C17H33. The van der Waals surface area contributed by atoms with E-state index in [1.807, 2.05) is 0 Å². The predicted octanol–water partition coefficient (Wildman–Crippen LogP) is 6.47. The Labute approximate surface area is 110 Å². The molecule has 0 saturated carbocycles. The summed E-state index contributed by atoms with van der Waals surface area (Å²) in [6, 6.07) is 0. The molecule has 0 aromatic heterocycles. The van der Waals surface area contributed by atoms with Crippen molar-refractivity contribution in [1.29, 1.82) is 0 Å². The van der Waals surface area contributed by atoms with Crippen LogP contribution >= 0.6 is 0 Å². The Morgan fingerprint density at radius 3 is 1.59 bits per heavy atom. The van der Waals surface area contributed by atoms with Crippen LogP contribution in [0.4, 0.5) is 0 Å². The fourth-order valence-corrected chi connectivity index (χ4v) is 2.07. The minimum absolute atomic E-state index is 1.26. The van der Waals surface area contributed by atoms with E-state index in [0.717, 1.165) is 0 Å². The average molecular weight is 237 g/mol. The molecule has 0 fully saturated rings. The van der Waals surface area contributed by atoms with E-state index < -0.39 is 0 Å². The van der Waals surface area contributed by atoms with Gasteiger partial charge in [0.1, 0.15) is 0 Å². The molecule has 0 aromatic rings. The maximum atomic E-state index is 2.37. The van der Waals surface area contributed by atoms with Crippen molar-refractivity contribution in [3.05, 3.63) is 18.6 Å². The van der Waals surface area contributed by atoms with Crippen molar-refractivity contribution in [2.24, 2.45) is 0 Å². The molecule has 1 radical (unpaired) electrons. The van der Waals surface area contributed by atoms with Crippen LogP contribution < -0.4 is 0 Å². The maximum Gasteiger partial charge on any atom is -0.0351 e. The van der Waals surface area contributed by atoms with Crippen LogP contribution in [0.1, 0.15) is 90.9 Å². The second-order valence-electron chi connectivity index (χ2n) is 5.07. The van der Waals surface area contributed by atoms with E-state index in [4.69, 9.17) is 0 Å². The number of unbranched alkanes of at least 4 members (excludes halogenated alkanes) is 11. The highest BCUT2D eigenvalue weighted by molar-refractivity contribution is 4.80. The first-order valence-electron chi connectivity index (χ1n) is 7.84. The third kappa shape index (κ3) is 15.7. The molecule has 0 heteroatoms. The lowest BCUT2D eigenvalue weighted by Crippen LogP contribution is -1.81. The van der Waals surface area contributed by atoms with Gasteiger partial charge in [0, 0.05) is 0 Å². The number of hydrogen-bond donors (Lipinski definition) is 0. The minimum Gasteiger partial charge on any atom is -0.0885 e. The molecule has 0 rings (SSSR count). The van der Waals surface area contributed by atoms with Gasteiger partial charge in [0.2, 0.25) is 0 Å². The Morgan fingerprint density at radius 2 is 1.06 bits per heavy atom. The number of hydrogen-bond acceptors (Lipinski definition) is 0. The van der Waals surface area contributed by atoms with Crippen LogP contribution in [0.2, 0.25) is 0 Å². The smallest absolute Gasteiger partial charge is 0.0351 e. The minimum atomic E-state index is 1.26. The molecule has 0 unspecified atom stereocenters. The Kier molecular flexibility index (Phi) is 15.5. The van der Waals surface area contributed by atoms with Crippen LogP contribution in [0.25, 0.3) is 0 Å². The van der Waals surface area contributed by atoms with Crippen molar-refractivity contribution in [1.82, 2.24) is 0 Å². The van der Waals surface area contributed by atoms with E-state index in [2.05, 4.69) is 32.4 Å². The first-order valence-corrected chi connectivity index (χ1v) is 7.84. The Hall–Kier alpha value is -0.260. The van der Waals surface area contributed by atoms with Gasteiger partial charge >= 0.3 is 0 Å². The SMILES string of the molecule is C[CH]CCCCCCCCCCC=CCCC. The van der Waals surface area contributed by atoms with Gasteiger partial charge in [-0.25, -0.2) is 0 Å². The van der Waals surface area contributed by atoms with Crippen molar-refractivity contribution in [2.45, 2.75) is 90.9 Å². The largest absolute Gasteiger partial charge is 0.0885 e. The van der Waals surface area contributed by atoms with Crippen LogP contribution in [0.15, 0.2) is 12.2 Å². The zero-order valence-corrected chi connectivity index (χ0v) is 12.2. The number of rotatable bonds is 13. The van der Waals surface area contributed by atoms with E-state index >= 15 is 0 Å². The van der Waals surface area contributed by atoms with Gasteiger partial charge in [-0.2, -0.15) is 0 Å². The summed E-state index contributed by atoms with van der Waals surface area (Å²) in [5.41, 5.74) is 0. The highest BCUT2D eigenvalue weighted by Gasteiger charge is 1.91. The van der Waals surface area contributed by atoms with E-state index in [-0.39, 0.29) is 0 Å². The highest BCUT2D eigenvalue weighted by atomic mass is 14.0. The van der Waals surface area contributed by atoms with Crippen LogP contribution in [0.5, 0.6) is 0 Å². The normalized spacial score (nSPS) is 11.4. The molecule has 0 aliphatic carbocycles. The molecule has 0 nitrogen and oxygen atoms in total. The summed E-state index contributed by atoms with van der Waals surface area (Å²) in [7, 11) is 0. The topological polar surface area (TPSA) is 0 Å². The van der Waals surface area contributed by atoms with Crippen molar-refractivity contribution in [3.8, 4) is 0 Å². The Balaban J connectivity index is 2.94. The van der Waals surface area contributed by atoms with Gasteiger partial charge < -0.3 is 0 Å². The van der Waals surface area contributed by atoms with E-state index in [0.29, 0.717) is 0 Å². The van der Waals surface area contributed by atoms with Gasteiger partial charge in [0.15, 0.2) is 0 Å². The van der Waals surface area contributed by atoms with Gasteiger partial charge in [0.05, 0.1) is 0 Å². The Morgan fingerprint density at radius 1 is 0.588 bits per heavy atom. The summed E-state index contributed by atoms with van der Waals surface area (Å²) in [6.07, 6.45) is 23.6. The monoisotopic (exact) mass is 237 g/mol. The molecule has 0 aromatic carbocycles. The van der Waals surface area contributed by atoms with Crippen molar-refractivity contribution >= 4 is 0 Å². The lowest BCUT2D eigenvalue weighted by atomic mass is 10.1. The second kappa shape index (κ2) is 15.7. The van der Waals surface area contributed by atoms with Crippen LogP contribution in [0.3, 0.4) is 0 Å². The summed E-state index contributed by atoms with van der Waals surface area (Å²) < 4.78 is 0. The van der Waals surface area contributed by atoms with E-state index in [1.54, 1.807) is 0 Å². The molecule has 0 aliphatic heterocycles. The lowest BCUT2D eigenvalue weighted by molar-refractivity contribution is 0.568. The number of allylic oxidation sites excluding steroid dienone is 2. The van der Waals surface area contributed by atoms with Crippen molar-refractivity contribution in [2.75, 3.05) is 0 Å². The molecule has 0 heterocycles. The summed E-state index contributed by atoms with van der Waals surface area (Å²) in [5.74, 6) is 0. The summed E-state index contributed by atoms with van der Waals surface area (Å²) in [4.78, 5) is 0. The average Bonchev–Trinajstić information content (AvgIpc) is 2.35. The highest BCUT2D eigenvalue weighted by Crippen LogP contribution is 2.11. The molecule has 101 valence electrons. The van der Waals surface area contributed by atoms with Gasteiger partial charge in [-0.05, 0) is 25.7 Å². The quantitative estimate of drug-likeness (QED) is 0.254. The molecule has 0 spiro atoms. The Bertz CT molecular complexity index is 146. The molecular weight excluding hydrogens is 204 g/mol. The summed E-state index contributed by atoms with van der Waals surface area (Å²) in [5, 5.41) is 0. The van der Waals surface area contributed by atoms with Crippen LogP contribution in [-0.2, 0) is 0 Å². The summed E-state index contributed by atoms with van der Waals surface area (Å²) >= 11 is 0. The molecule has 0 atom stereocenters. The molecule has 17 heavy (non-hydrogen) atoms. The van der Waals surface area contributed by atoms with Gasteiger partial charge in [0.25, 0.3) is 0 Å². The fourth-order valence-electron chi connectivity index (χ4n) is 2.07. The third-order valence-corrected chi connectivity index (χ3v) is 3.24. The van der Waals surface area contributed by atoms with Crippen LogP contribution in [-0.4, -0.2) is 0 Å². The fraction of sp³-hybridized carbons (Fsp3) is 0.824. The first kappa shape index (κ1) is 16.7. The van der Waals surface area contributed by atoms with Gasteiger partial charge in [-0.3, -0.25) is 0 Å². The molecule has 0 aliphatic rings. The van der Waals surface area contributed by atoms with Gasteiger partial charge in [-0.1, -0.05) is 83.8 Å². The van der Waals surface area contributed by atoms with E-state index in [9.17, 15) is 0 Å². The third-order valence-electron chi connectivity index (χ3n) is 3.24. The molecule has 0 amide bonds. The first-order chi connectivity index (χ1) is 8.41. The maximum absolute atomic E-state index is 2.37. The zero-order chi connectivity index (χ0) is 12.6. The standard InChI is InChI=1S/C17H33/c1-3-5-7-9-11-13-15-17-16-14-12-10-8-6-4-2/h3,8,10H,4-7,9,11-17H2,1-2H3. The van der Waals surface area contributed by atoms with E-state index in [1.165, 1.54) is 77.0 Å². The van der Waals surface area contributed by atoms with Crippen molar-refractivity contribution < 1.29 is 0 Å². The van der Waals surface area contributed by atoms with Gasteiger partial charge in [-0.15, -0.1) is 0 Å². The second-order valence-corrected chi connectivity index (χ2v) is 5.07. The molecule has 0 bridgehead atoms. The zero-order valence-electron chi connectivity index (χ0n) is 12.2. The molecule has 0 saturated heterocycles. The predicted molar refractivity (Wildman–Crippen MR) is 80.2 cm³/mol. The van der Waals surface area contributed by atoms with Crippen LogP contribution in [0, 0.1) is 6.42 Å². The lowest BCUT2D eigenvalue weighted by Gasteiger charge is -2.01. The molecule has 0 N–H and O–H groups in total.